The minimum absolute atomic E-state index is 0.269. The largest absolute Gasteiger partial charge is 0.363 e. The van der Waals surface area contributed by atoms with Crippen molar-refractivity contribution in [1.82, 2.24) is 14.8 Å². The quantitative estimate of drug-likeness (QED) is 0.858. The number of aromatic nitrogens is 3. The minimum Gasteiger partial charge on any atom is -0.363 e. The van der Waals surface area contributed by atoms with Crippen LogP contribution in [-0.2, 0) is 13.6 Å². The van der Waals surface area contributed by atoms with Crippen molar-refractivity contribution in [3.8, 4) is 0 Å². The van der Waals surface area contributed by atoms with Gasteiger partial charge in [0.05, 0.1) is 6.20 Å². The van der Waals surface area contributed by atoms with Crippen molar-refractivity contribution in [3.63, 3.8) is 0 Å². The van der Waals surface area contributed by atoms with Gasteiger partial charge in [0, 0.05) is 31.0 Å². The first kappa shape index (κ1) is 10.6. The predicted molar refractivity (Wildman–Crippen MR) is 59.5 cm³/mol. The van der Waals surface area contributed by atoms with Crippen LogP contribution in [0.3, 0.4) is 0 Å². The summed E-state index contributed by atoms with van der Waals surface area (Å²) in [5, 5.41) is 7.06. The zero-order valence-electron chi connectivity index (χ0n) is 9.24. The van der Waals surface area contributed by atoms with E-state index in [-0.39, 0.29) is 11.6 Å². The molecule has 84 valence electrons. The maximum absolute atomic E-state index is 13.3. The number of rotatable bonds is 3. The van der Waals surface area contributed by atoms with Crippen molar-refractivity contribution < 1.29 is 4.39 Å². The summed E-state index contributed by atoms with van der Waals surface area (Å²) >= 11 is 0. The van der Waals surface area contributed by atoms with E-state index in [0.717, 1.165) is 11.3 Å². The monoisotopic (exact) mass is 220 g/mol. The molecule has 0 bridgehead atoms. The highest BCUT2D eigenvalue weighted by molar-refractivity contribution is 5.36. The van der Waals surface area contributed by atoms with Gasteiger partial charge in [-0.3, -0.25) is 4.68 Å². The number of anilines is 1. The average molecular weight is 220 g/mol. The average Bonchev–Trinajstić information content (AvgIpc) is 2.59. The van der Waals surface area contributed by atoms with Crippen molar-refractivity contribution in [2.24, 2.45) is 7.05 Å². The van der Waals surface area contributed by atoms with Gasteiger partial charge in [-0.1, -0.05) is 0 Å². The highest BCUT2D eigenvalue weighted by Gasteiger charge is 2.05. The van der Waals surface area contributed by atoms with Crippen molar-refractivity contribution in [1.29, 1.82) is 0 Å². The van der Waals surface area contributed by atoms with E-state index >= 15 is 0 Å². The Balaban J connectivity index is 2.08. The van der Waals surface area contributed by atoms with Gasteiger partial charge >= 0.3 is 0 Å². The number of pyridine rings is 1. The number of aryl methyl sites for hydroxylation is 1. The van der Waals surface area contributed by atoms with Crippen LogP contribution in [0.1, 0.15) is 11.3 Å². The lowest BCUT2D eigenvalue weighted by molar-refractivity contribution is 0.624. The molecule has 0 aliphatic carbocycles. The third kappa shape index (κ3) is 2.03. The van der Waals surface area contributed by atoms with Crippen molar-refractivity contribution in [2.75, 3.05) is 5.32 Å². The van der Waals surface area contributed by atoms with Gasteiger partial charge in [-0.2, -0.15) is 5.10 Å². The smallest absolute Gasteiger partial charge is 0.165 e. The second kappa shape index (κ2) is 4.30. The SMILES string of the molecule is Cc1c(CNc2ncccc2F)cnn1C. The van der Waals surface area contributed by atoms with E-state index in [9.17, 15) is 4.39 Å². The molecule has 0 spiro atoms. The first-order valence-electron chi connectivity index (χ1n) is 5.00. The molecular weight excluding hydrogens is 207 g/mol. The number of nitrogens with zero attached hydrogens (tertiary/aromatic N) is 3. The second-order valence-electron chi connectivity index (χ2n) is 3.57. The highest BCUT2D eigenvalue weighted by atomic mass is 19.1. The molecule has 0 unspecified atom stereocenters. The van der Waals surface area contributed by atoms with E-state index in [0.29, 0.717) is 6.54 Å². The van der Waals surface area contributed by atoms with E-state index in [2.05, 4.69) is 15.4 Å². The molecule has 2 heterocycles. The Bertz CT molecular complexity index is 492. The van der Waals surface area contributed by atoms with Crippen LogP contribution in [0.15, 0.2) is 24.5 Å². The normalized spacial score (nSPS) is 10.4. The van der Waals surface area contributed by atoms with E-state index < -0.39 is 0 Å². The molecule has 0 atom stereocenters. The van der Waals surface area contributed by atoms with Crippen molar-refractivity contribution >= 4 is 5.82 Å². The van der Waals surface area contributed by atoms with E-state index in [4.69, 9.17) is 0 Å². The minimum atomic E-state index is -0.343. The van der Waals surface area contributed by atoms with Gasteiger partial charge in [-0.15, -0.1) is 0 Å². The van der Waals surface area contributed by atoms with Crippen LogP contribution in [0, 0.1) is 12.7 Å². The molecule has 0 amide bonds. The molecule has 16 heavy (non-hydrogen) atoms. The molecule has 2 aromatic heterocycles. The highest BCUT2D eigenvalue weighted by Crippen LogP contribution is 2.12. The van der Waals surface area contributed by atoms with Crippen LogP contribution in [0.4, 0.5) is 10.2 Å². The van der Waals surface area contributed by atoms with E-state index in [1.165, 1.54) is 6.07 Å². The maximum atomic E-state index is 13.3. The Morgan fingerprint density at radius 3 is 2.94 bits per heavy atom. The van der Waals surface area contributed by atoms with Gasteiger partial charge in [-0.25, -0.2) is 9.37 Å². The lowest BCUT2D eigenvalue weighted by atomic mass is 10.2. The fraction of sp³-hybridized carbons (Fsp3) is 0.273. The van der Waals surface area contributed by atoms with Crippen molar-refractivity contribution in [3.05, 3.63) is 41.6 Å². The van der Waals surface area contributed by atoms with Crippen molar-refractivity contribution in [2.45, 2.75) is 13.5 Å². The fourth-order valence-electron chi connectivity index (χ4n) is 1.41. The predicted octanol–water partition coefficient (Wildman–Crippen LogP) is 1.87. The fourth-order valence-corrected chi connectivity index (χ4v) is 1.41. The third-order valence-electron chi connectivity index (χ3n) is 2.54. The summed E-state index contributed by atoms with van der Waals surface area (Å²) in [5.74, 6) is -0.0743. The van der Waals surface area contributed by atoms with Crippen LogP contribution >= 0.6 is 0 Å². The van der Waals surface area contributed by atoms with Gasteiger partial charge in [0.25, 0.3) is 0 Å². The second-order valence-corrected chi connectivity index (χ2v) is 3.57. The third-order valence-corrected chi connectivity index (χ3v) is 2.54. The lowest BCUT2D eigenvalue weighted by Crippen LogP contribution is -2.04. The Kier molecular flexibility index (Phi) is 2.85. The summed E-state index contributed by atoms with van der Waals surface area (Å²) in [4.78, 5) is 3.92. The summed E-state index contributed by atoms with van der Waals surface area (Å²) < 4.78 is 15.0. The zero-order valence-corrected chi connectivity index (χ0v) is 9.24. The Morgan fingerprint density at radius 2 is 2.31 bits per heavy atom. The number of halogens is 1. The topological polar surface area (TPSA) is 42.7 Å². The Hall–Kier alpha value is -1.91. The van der Waals surface area contributed by atoms with Crippen LogP contribution in [-0.4, -0.2) is 14.8 Å². The summed E-state index contributed by atoms with van der Waals surface area (Å²) in [6.07, 6.45) is 3.32. The molecule has 0 aliphatic rings. The molecule has 1 N–H and O–H groups in total. The molecular formula is C11H13FN4. The summed E-state index contributed by atoms with van der Waals surface area (Å²) in [6, 6.07) is 2.95. The number of hydrogen-bond acceptors (Lipinski definition) is 3. The van der Waals surface area contributed by atoms with Gasteiger partial charge in [0.1, 0.15) is 0 Å². The Labute approximate surface area is 93.1 Å². The number of nitrogens with one attached hydrogen (secondary N) is 1. The van der Waals surface area contributed by atoms with Crippen LogP contribution < -0.4 is 5.32 Å². The first-order chi connectivity index (χ1) is 7.68. The van der Waals surface area contributed by atoms with Gasteiger partial charge in [0.2, 0.25) is 0 Å². The molecule has 2 rings (SSSR count). The zero-order chi connectivity index (χ0) is 11.5. The molecule has 0 saturated carbocycles. The molecule has 0 aliphatic heterocycles. The molecule has 0 radical (unpaired) electrons. The number of hydrogen-bond donors (Lipinski definition) is 1. The molecule has 5 heteroatoms. The molecule has 2 aromatic rings. The standard InChI is InChI=1S/C11H13FN4/c1-8-9(7-15-16(8)2)6-14-11-10(12)4-3-5-13-11/h3-5,7H,6H2,1-2H3,(H,13,14). The summed E-state index contributed by atoms with van der Waals surface area (Å²) in [6.45, 7) is 2.49. The van der Waals surface area contributed by atoms with E-state index in [1.54, 1.807) is 23.1 Å². The maximum Gasteiger partial charge on any atom is 0.165 e. The Morgan fingerprint density at radius 1 is 1.50 bits per heavy atom. The van der Waals surface area contributed by atoms with Crippen LogP contribution in [0.25, 0.3) is 0 Å². The summed E-state index contributed by atoms with van der Waals surface area (Å²) in [5.41, 5.74) is 2.09. The lowest BCUT2D eigenvalue weighted by Gasteiger charge is -2.05. The van der Waals surface area contributed by atoms with Gasteiger partial charge in [-0.05, 0) is 19.1 Å². The molecule has 0 saturated heterocycles. The van der Waals surface area contributed by atoms with Gasteiger partial charge in [0.15, 0.2) is 11.6 Å². The molecule has 0 fully saturated rings. The first-order valence-corrected chi connectivity index (χ1v) is 5.00. The van der Waals surface area contributed by atoms with Crippen LogP contribution in [0.2, 0.25) is 0 Å². The van der Waals surface area contributed by atoms with E-state index in [1.807, 2.05) is 14.0 Å². The van der Waals surface area contributed by atoms with Gasteiger partial charge < -0.3 is 5.32 Å². The summed E-state index contributed by atoms with van der Waals surface area (Å²) in [7, 11) is 1.88. The molecule has 4 nitrogen and oxygen atoms in total. The van der Waals surface area contributed by atoms with Crippen LogP contribution in [0.5, 0.6) is 0 Å². The molecule has 0 aromatic carbocycles.